The number of nitrogens with one attached hydrogen (secondary N) is 1. The Bertz CT molecular complexity index is 1150. The molecule has 0 radical (unpaired) electrons. The third kappa shape index (κ3) is 4.53. The quantitative estimate of drug-likeness (QED) is 0.658. The van der Waals surface area contributed by atoms with Crippen LogP contribution in [0.4, 0.5) is 0 Å². The number of benzene rings is 1. The number of hydrogen-bond acceptors (Lipinski definition) is 5. The van der Waals surface area contributed by atoms with Crippen LogP contribution in [0.3, 0.4) is 0 Å². The number of rotatable bonds is 4. The van der Waals surface area contributed by atoms with Gasteiger partial charge in [-0.05, 0) is 44.4 Å². The van der Waals surface area contributed by atoms with Gasteiger partial charge < -0.3 is 5.32 Å². The van der Waals surface area contributed by atoms with Crippen LogP contribution >= 0.6 is 0 Å². The Morgan fingerprint density at radius 2 is 1.88 bits per heavy atom. The summed E-state index contributed by atoms with van der Waals surface area (Å²) >= 11 is 0. The number of aryl methyl sites for hydroxylation is 2. The highest BCUT2D eigenvalue weighted by molar-refractivity contribution is 5.77. The molecule has 2 aliphatic heterocycles. The van der Waals surface area contributed by atoms with Crippen molar-refractivity contribution in [1.82, 2.24) is 25.2 Å². The molecule has 5 rings (SSSR count). The maximum Gasteiger partial charge on any atom is 0.220 e. The van der Waals surface area contributed by atoms with Crippen molar-refractivity contribution in [2.75, 3.05) is 13.1 Å². The van der Waals surface area contributed by atoms with Gasteiger partial charge in [0.15, 0.2) is 5.82 Å². The van der Waals surface area contributed by atoms with Gasteiger partial charge in [-0.2, -0.15) is 0 Å². The van der Waals surface area contributed by atoms with Crippen molar-refractivity contribution in [3.63, 3.8) is 0 Å². The lowest BCUT2D eigenvalue weighted by Crippen LogP contribution is -2.52. The van der Waals surface area contributed by atoms with E-state index >= 15 is 0 Å². The van der Waals surface area contributed by atoms with Crippen LogP contribution in [-0.2, 0) is 11.3 Å². The maximum absolute atomic E-state index is 12.6. The Hall–Kier alpha value is -3.12. The van der Waals surface area contributed by atoms with Gasteiger partial charge in [-0.3, -0.25) is 14.7 Å². The first-order valence-electron chi connectivity index (χ1n) is 11.9. The van der Waals surface area contributed by atoms with Crippen LogP contribution in [-0.4, -0.2) is 44.4 Å². The largest absolute Gasteiger partial charge is 0.349 e. The molecule has 0 unspecified atom stereocenters. The summed E-state index contributed by atoms with van der Waals surface area (Å²) < 4.78 is 0. The molecule has 2 aliphatic rings. The zero-order valence-corrected chi connectivity index (χ0v) is 19.4. The van der Waals surface area contributed by atoms with E-state index in [1.54, 1.807) is 0 Å². The molecule has 0 saturated carbocycles. The van der Waals surface area contributed by atoms with Crippen molar-refractivity contribution in [2.45, 2.75) is 57.5 Å². The second-order valence-electron chi connectivity index (χ2n) is 9.57. The van der Waals surface area contributed by atoms with Crippen molar-refractivity contribution >= 4 is 5.91 Å². The first-order chi connectivity index (χ1) is 16.0. The zero-order valence-electron chi connectivity index (χ0n) is 19.4. The van der Waals surface area contributed by atoms with Crippen LogP contribution in [0.25, 0.3) is 11.4 Å². The fourth-order valence-electron chi connectivity index (χ4n) is 5.43. The second-order valence-corrected chi connectivity index (χ2v) is 9.57. The highest BCUT2D eigenvalue weighted by Crippen LogP contribution is 2.40. The third-order valence-electron chi connectivity index (χ3n) is 7.04. The Labute approximate surface area is 195 Å². The average molecular weight is 442 g/mol. The van der Waals surface area contributed by atoms with Gasteiger partial charge in [0, 0.05) is 66.9 Å². The predicted octanol–water partition coefficient (Wildman–Crippen LogP) is 4.18. The lowest BCUT2D eigenvalue weighted by Gasteiger charge is -2.34. The van der Waals surface area contributed by atoms with Crippen molar-refractivity contribution in [3.05, 3.63) is 77.4 Å². The Morgan fingerprint density at radius 3 is 2.67 bits per heavy atom. The molecular formula is C27H31N5O. The van der Waals surface area contributed by atoms with E-state index in [2.05, 4.69) is 51.4 Å². The molecule has 1 N–H and O–H groups in total. The number of carbonyl (C=O) groups is 1. The fourth-order valence-corrected chi connectivity index (χ4v) is 5.43. The number of pyridine rings is 1. The third-order valence-corrected chi connectivity index (χ3v) is 7.04. The monoisotopic (exact) mass is 441 g/mol. The molecule has 33 heavy (non-hydrogen) atoms. The Balaban J connectivity index is 1.39. The van der Waals surface area contributed by atoms with Crippen LogP contribution in [0, 0.1) is 13.8 Å². The number of carbonyl (C=O) groups excluding carboxylic acids is 1. The molecule has 2 atom stereocenters. The van der Waals surface area contributed by atoms with Crippen molar-refractivity contribution in [3.8, 4) is 11.4 Å². The van der Waals surface area contributed by atoms with Crippen LogP contribution < -0.4 is 5.32 Å². The van der Waals surface area contributed by atoms with E-state index in [0.717, 1.165) is 67.2 Å². The van der Waals surface area contributed by atoms with Crippen LogP contribution in [0.1, 0.15) is 54.1 Å². The molecule has 2 saturated heterocycles. The van der Waals surface area contributed by atoms with E-state index in [1.165, 1.54) is 5.56 Å². The molecule has 0 aliphatic carbocycles. The zero-order chi connectivity index (χ0) is 22.8. The van der Waals surface area contributed by atoms with E-state index in [1.807, 2.05) is 37.5 Å². The molecule has 1 aromatic carbocycles. The predicted molar refractivity (Wildman–Crippen MR) is 129 cm³/mol. The molecule has 2 fully saturated rings. The van der Waals surface area contributed by atoms with Crippen LogP contribution in [0.2, 0.25) is 0 Å². The van der Waals surface area contributed by atoms with Crippen molar-refractivity contribution in [2.24, 2.45) is 0 Å². The summed E-state index contributed by atoms with van der Waals surface area (Å²) in [5.41, 5.74) is 5.14. The van der Waals surface area contributed by atoms with E-state index < -0.39 is 0 Å². The normalized spacial score (nSPS) is 23.5. The van der Waals surface area contributed by atoms with Gasteiger partial charge in [-0.15, -0.1) is 0 Å². The van der Waals surface area contributed by atoms with Gasteiger partial charge in [0.05, 0.1) is 5.54 Å². The summed E-state index contributed by atoms with van der Waals surface area (Å²) in [4.78, 5) is 29.2. The summed E-state index contributed by atoms with van der Waals surface area (Å²) in [6.07, 6.45) is 7.48. The number of hydrogen-bond donors (Lipinski definition) is 1. The second kappa shape index (κ2) is 9.02. The van der Waals surface area contributed by atoms with Crippen molar-refractivity contribution < 1.29 is 4.79 Å². The highest BCUT2D eigenvalue weighted by Gasteiger charge is 2.49. The fraction of sp³-hybridized carbons (Fsp3) is 0.407. The first kappa shape index (κ1) is 21.7. The summed E-state index contributed by atoms with van der Waals surface area (Å²) in [5.74, 6) is 1.09. The van der Waals surface area contributed by atoms with Crippen LogP contribution in [0.15, 0.2) is 54.9 Å². The van der Waals surface area contributed by atoms with E-state index in [0.29, 0.717) is 6.42 Å². The topological polar surface area (TPSA) is 71.0 Å². The van der Waals surface area contributed by atoms with E-state index in [9.17, 15) is 4.79 Å². The number of likely N-dealkylation sites (tertiary alicyclic amines) is 1. The molecular weight excluding hydrogens is 410 g/mol. The molecule has 4 heterocycles. The number of nitrogens with zero attached hydrogens (tertiary/aromatic N) is 4. The van der Waals surface area contributed by atoms with Gasteiger partial charge in [-0.1, -0.05) is 36.8 Å². The lowest BCUT2D eigenvalue weighted by atomic mass is 9.81. The standard InChI is InChI=1S/C27H31N5O/c1-19-8-3-4-10-22(19)26-28-14-21(15-29-26)16-32-17-23(24-11-7-9-20(2)30-24)27(18-32)13-6-5-12-25(33)31-27/h3-4,7-11,14-15,23H,5-6,12-13,16-18H2,1-2H3,(H,31,33)/t23-,27+/m0/s1. The van der Waals surface area contributed by atoms with Gasteiger partial charge in [0.2, 0.25) is 5.91 Å². The maximum atomic E-state index is 12.6. The van der Waals surface area contributed by atoms with Gasteiger partial charge >= 0.3 is 0 Å². The molecule has 6 nitrogen and oxygen atoms in total. The molecule has 1 spiro atoms. The molecule has 0 bridgehead atoms. The Kier molecular flexibility index (Phi) is 5.94. The van der Waals surface area contributed by atoms with Gasteiger partial charge in [0.25, 0.3) is 0 Å². The number of aromatic nitrogens is 3. The molecule has 2 aromatic heterocycles. The summed E-state index contributed by atoms with van der Waals surface area (Å²) in [5, 5.41) is 3.42. The smallest absolute Gasteiger partial charge is 0.220 e. The minimum absolute atomic E-state index is 0.165. The summed E-state index contributed by atoms with van der Waals surface area (Å²) in [6.45, 7) is 6.54. The molecule has 1 amide bonds. The van der Waals surface area contributed by atoms with Gasteiger partial charge in [0.1, 0.15) is 0 Å². The minimum Gasteiger partial charge on any atom is -0.349 e. The van der Waals surface area contributed by atoms with Crippen LogP contribution in [0.5, 0.6) is 0 Å². The average Bonchev–Trinajstić information content (AvgIpc) is 3.03. The van der Waals surface area contributed by atoms with E-state index in [4.69, 9.17) is 4.98 Å². The van der Waals surface area contributed by atoms with Crippen molar-refractivity contribution in [1.29, 1.82) is 0 Å². The summed E-state index contributed by atoms with van der Waals surface area (Å²) in [7, 11) is 0. The summed E-state index contributed by atoms with van der Waals surface area (Å²) in [6, 6.07) is 14.4. The van der Waals surface area contributed by atoms with Gasteiger partial charge in [-0.25, -0.2) is 9.97 Å². The SMILES string of the molecule is Cc1cccc([C@@H]2CN(Cc3cnc(-c4ccccc4C)nc3)C[C@]23CCCCC(=O)N3)n1. The Morgan fingerprint density at radius 1 is 1.06 bits per heavy atom. The minimum atomic E-state index is -0.268. The molecule has 6 heteroatoms. The highest BCUT2D eigenvalue weighted by atomic mass is 16.1. The number of amides is 1. The molecule has 170 valence electrons. The van der Waals surface area contributed by atoms with E-state index in [-0.39, 0.29) is 17.4 Å². The first-order valence-corrected chi connectivity index (χ1v) is 11.9. The molecule has 3 aromatic rings. The lowest BCUT2D eigenvalue weighted by molar-refractivity contribution is -0.122.